The van der Waals surface area contributed by atoms with Gasteiger partial charge in [0.05, 0.1) is 16.7 Å². The zero-order chi connectivity index (χ0) is 41.8. The standard InChI is InChI=1S/C57H54N2O2/c1-8-10-23-49-39(9-2)51-48(34-45-53(55(51)61-49)52-44(57(45,6)7)31-30-42-41-21-15-17-24-50(41)60-54(42)52)58(37-27-25-35(26-28-37)56(3,4)5)38-29-32-47-43(33-38)40-20-14-16-22-46(40)59(47)36-18-12-11-13-19-36/h11-22,24-34,39,49H,8-10,23H2,1-7H3. The van der Waals surface area contributed by atoms with Gasteiger partial charge < -0.3 is 18.6 Å². The number of benzene rings is 7. The normalized spacial score (nSPS) is 16.6. The van der Waals surface area contributed by atoms with Gasteiger partial charge in [-0.25, -0.2) is 0 Å². The average Bonchev–Trinajstić information content (AvgIpc) is 4.00. The van der Waals surface area contributed by atoms with Crippen molar-refractivity contribution in [3.8, 4) is 22.6 Å². The van der Waals surface area contributed by atoms with Gasteiger partial charge in [-0.15, -0.1) is 0 Å². The molecule has 4 nitrogen and oxygen atoms in total. The number of furan rings is 1. The Morgan fingerprint density at radius 1 is 0.656 bits per heavy atom. The van der Waals surface area contributed by atoms with Crippen LogP contribution in [-0.4, -0.2) is 10.7 Å². The Bertz CT molecular complexity index is 3160. The van der Waals surface area contributed by atoms with E-state index in [1.54, 1.807) is 0 Å². The lowest BCUT2D eigenvalue weighted by Crippen LogP contribution is -2.20. The number of nitrogens with zero attached hydrogens (tertiary/aromatic N) is 2. The van der Waals surface area contributed by atoms with Crippen molar-refractivity contribution >= 4 is 60.8 Å². The molecule has 0 spiro atoms. The maximum Gasteiger partial charge on any atom is 0.143 e. The quantitative estimate of drug-likeness (QED) is 0.153. The molecule has 7 aromatic carbocycles. The second kappa shape index (κ2) is 13.9. The van der Waals surface area contributed by atoms with Gasteiger partial charge in [0.15, 0.2) is 0 Å². The number of ether oxygens (including phenoxy) is 1. The van der Waals surface area contributed by atoms with Gasteiger partial charge in [-0.05, 0) is 95.6 Å². The van der Waals surface area contributed by atoms with Gasteiger partial charge >= 0.3 is 0 Å². The van der Waals surface area contributed by atoms with Crippen LogP contribution in [-0.2, 0) is 10.8 Å². The summed E-state index contributed by atoms with van der Waals surface area (Å²) in [6.45, 7) is 16.3. The molecule has 2 atom stereocenters. The molecular formula is C57H54N2O2. The molecule has 3 heterocycles. The number of hydrogen-bond acceptors (Lipinski definition) is 3. The molecule has 0 saturated carbocycles. The summed E-state index contributed by atoms with van der Waals surface area (Å²) in [6, 6.07) is 51.6. The second-order valence-electron chi connectivity index (χ2n) is 19.0. The van der Waals surface area contributed by atoms with Gasteiger partial charge in [-0.3, -0.25) is 0 Å². The third-order valence-electron chi connectivity index (χ3n) is 14.0. The highest BCUT2D eigenvalue weighted by molar-refractivity contribution is 6.14. The van der Waals surface area contributed by atoms with Crippen LogP contribution in [0.3, 0.4) is 0 Å². The lowest BCUT2D eigenvalue weighted by atomic mass is 9.80. The minimum atomic E-state index is -0.303. The summed E-state index contributed by atoms with van der Waals surface area (Å²) in [5.41, 5.74) is 16.3. The maximum absolute atomic E-state index is 7.46. The van der Waals surface area contributed by atoms with Gasteiger partial charge in [0.1, 0.15) is 23.0 Å². The Morgan fingerprint density at radius 2 is 1.36 bits per heavy atom. The second-order valence-corrected chi connectivity index (χ2v) is 19.0. The Balaban J connectivity index is 1.21. The van der Waals surface area contributed by atoms with E-state index in [0.29, 0.717) is 0 Å². The van der Waals surface area contributed by atoms with Crippen LogP contribution < -0.4 is 9.64 Å². The molecule has 61 heavy (non-hydrogen) atoms. The van der Waals surface area contributed by atoms with Gasteiger partial charge in [0.2, 0.25) is 0 Å². The highest BCUT2D eigenvalue weighted by Gasteiger charge is 2.47. The van der Waals surface area contributed by atoms with Crippen molar-refractivity contribution in [1.82, 2.24) is 4.57 Å². The van der Waals surface area contributed by atoms with E-state index in [0.717, 1.165) is 70.4 Å². The molecular weight excluding hydrogens is 745 g/mol. The number of aromatic nitrogens is 1. The van der Waals surface area contributed by atoms with E-state index in [1.165, 1.54) is 60.9 Å². The van der Waals surface area contributed by atoms with Crippen LogP contribution in [0.4, 0.5) is 17.1 Å². The Labute approximate surface area is 359 Å². The molecule has 2 aliphatic rings. The van der Waals surface area contributed by atoms with Crippen LogP contribution in [0.15, 0.2) is 144 Å². The molecule has 2 aromatic heterocycles. The van der Waals surface area contributed by atoms with Gasteiger partial charge in [0, 0.05) is 66.6 Å². The van der Waals surface area contributed by atoms with E-state index in [-0.39, 0.29) is 22.9 Å². The Hall–Kier alpha value is -6.26. The van der Waals surface area contributed by atoms with Crippen LogP contribution in [0.1, 0.15) is 102 Å². The number of hydrogen-bond donors (Lipinski definition) is 0. The van der Waals surface area contributed by atoms with Crippen molar-refractivity contribution in [3.05, 3.63) is 162 Å². The summed E-state index contributed by atoms with van der Waals surface area (Å²) < 4.78 is 16.7. The topological polar surface area (TPSA) is 30.5 Å². The molecule has 0 fully saturated rings. The lowest BCUT2D eigenvalue weighted by Gasteiger charge is -2.31. The zero-order valence-electron chi connectivity index (χ0n) is 36.5. The number of rotatable bonds is 8. The monoisotopic (exact) mass is 798 g/mol. The highest BCUT2D eigenvalue weighted by atomic mass is 16.5. The Morgan fingerprint density at radius 3 is 2.11 bits per heavy atom. The third-order valence-corrected chi connectivity index (χ3v) is 14.0. The molecule has 9 aromatic rings. The molecule has 0 N–H and O–H groups in total. The van der Waals surface area contributed by atoms with E-state index in [4.69, 9.17) is 9.15 Å². The van der Waals surface area contributed by atoms with E-state index in [1.807, 2.05) is 0 Å². The van der Waals surface area contributed by atoms with Crippen molar-refractivity contribution in [3.63, 3.8) is 0 Å². The first-order valence-electron chi connectivity index (χ1n) is 22.4. The maximum atomic E-state index is 7.46. The van der Waals surface area contributed by atoms with Crippen molar-refractivity contribution in [2.45, 2.75) is 97.0 Å². The van der Waals surface area contributed by atoms with E-state index in [2.05, 4.69) is 197 Å². The molecule has 1 aliphatic carbocycles. The average molecular weight is 799 g/mol. The molecule has 2 unspecified atom stereocenters. The van der Waals surface area contributed by atoms with Crippen LogP contribution in [0.5, 0.6) is 5.75 Å². The van der Waals surface area contributed by atoms with Crippen LogP contribution in [0.2, 0.25) is 0 Å². The smallest absolute Gasteiger partial charge is 0.143 e. The molecule has 11 rings (SSSR count). The predicted molar refractivity (Wildman–Crippen MR) is 256 cm³/mol. The van der Waals surface area contributed by atoms with E-state index in [9.17, 15) is 0 Å². The van der Waals surface area contributed by atoms with Crippen molar-refractivity contribution < 1.29 is 9.15 Å². The molecule has 304 valence electrons. The minimum absolute atomic E-state index is 0.0296. The highest BCUT2D eigenvalue weighted by Crippen LogP contribution is 2.62. The first-order chi connectivity index (χ1) is 29.6. The number of anilines is 3. The van der Waals surface area contributed by atoms with Gasteiger partial charge in [-0.2, -0.15) is 0 Å². The van der Waals surface area contributed by atoms with E-state index >= 15 is 0 Å². The summed E-state index contributed by atoms with van der Waals surface area (Å²) in [4.78, 5) is 2.55. The molecule has 0 bridgehead atoms. The number of para-hydroxylation sites is 3. The summed E-state index contributed by atoms with van der Waals surface area (Å²) in [5, 5.41) is 4.79. The molecule has 0 amide bonds. The molecule has 0 saturated heterocycles. The summed E-state index contributed by atoms with van der Waals surface area (Å²) in [5.74, 6) is 1.27. The lowest BCUT2D eigenvalue weighted by molar-refractivity contribution is 0.189. The van der Waals surface area contributed by atoms with Crippen molar-refractivity contribution in [1.29, 1.82) is 0 Å². The summed E-state index contributed by atoms with van der Waals surface area (Å²) in [7, 11) is 0. The first kappa shape index (κ1) is 37.7. The minimum Gasteiger partial charge on any atom is -0.489 e. The molecule has 0 radical (unpaired) electrons. The fraction of sp³-hybridized carbons (Fsp3) is 0.263. The van der Waals surface area contributed by atoms with Crippen LogP contribution >= 0.6 is 0 Å². The van der Waals surface area contributed by atoms with Crippen molar-refractivity contribution in [2.75, 3.05) is 4.90 Å². The van der Waals surface area contributed by atoms with Crippen LogP contribution in [0, 0.1) is 0 Å². The zero-order valence-corrected chi connectivity index (χ0v) is 36.5. The van der Waals surface area contributed by atoms with E-state index < -0.39 is 0 Å². The first-order valence-corrected chi connectivity index (χ1v) is 22.4. The number of unbranched alkanes of at least 4 members (excludes halogenated alkanes) is 1. The molecule has 1 aliphatic heterocycles. The SMILES string of the molecule is CCCCC1Oc2c3c(cc(N(c4ccc(C(C)(C)C)cc4)c4ccc5c(c4)c4ccccc4n5-c4ccccc4)c2C1CC)C(C)(C)c1ccc2c(oc4ccccc42)c1-3. The van der Waals surface area contributed by atoms with Crippen LogP contribution in [0.25, 0.3) is 60.6 Å². The van der Waals surface area contributed by atoms with Gasteiger partial charge in [0.25, 0.3) is 0 Å². The third kappa shape index (κ3) is 5.64. The number of fused-ring (bicyclic) bond motifs is 12. The fourth-order valence-electron chi connectivity index (χ4n) is 10.8. The Kier molecular flexibility index (Phi) is 8.59. The van der Waals surface area contributed by atoms with Crippen molar-refractivity contribution in [2.24, 2.45) is 0 Å². The largest absolute Gasteiger partial charge is 0.489 e. The summed E-state index contributed by atoms with van der Waals surface area (Å²) in [6.07, 6.45) is 4.36. The van der Waals surface area contributed by atoms with Gasteiger partial charge in [-0.1, -0.05) is 140 Å². The fourth-order valence-corrected chi connectivity index (χ4v) is 10.8. The predicted octanol–water partition coefficient (Wildman–Crippen LogP) is 16.2. The summed E-state index contributed by atoms with van der Waals surface area (Å²) >= 11 is 0. The molecule has 4 heteroatoms.